The van der Waals surface area contributed by atoms with Crippen LogP contribution in [-0.4, -0.2) is 6.72 Å². The van der Waals surface area contributed by atoms with E-state index in [4.69, 9.17) is 0 Å². The van der Waals surface area contributed by atoms with Crippen molar-refractivity contribution in [2.24, 2.45) is 4.99 Å². The largest absolute Gasteiger partial charge is 0.264 e. The fourth-order valence-electron chi connectivity index (χ4n) is 0.880. The molecule has 0 bridgehead atoms. The Balaban J connectivity index is 3.29. The van der Waals surface area contributed by atoms with Crippen LogP contribution in [0.25, 0.3) is 4.91 Å². The molecule has 62 valence electrons. The molecule has 1 rings (SSSR count). The summed E-state index contributed by atoms with van der Waals surface area (Å²) in [5, 5.41) is 0. The molecule has 0 fully saturated rings. The summed E-state index contributed by atoms with van der Waals surface area (Å²) < 4.78 is 0.975. The molecule has 3 heteroatoms. The van der Waals surface area contributed by atoms with Crippen LogP contribution in [0, 0.1) is 0 Å². The van der Waals surface area contributed by atoms with Crippen molar-refractivity contribution >= 4 is 45.9 Å². The Morgan fingerprint density at radius 1 is 1.50 bits per heavy atom. The van der Waals surface area contributed by atoms with Gasteiger partial charge in [0, 0.05) is 14.9 Å². The summed E-state index contributed by atoms with van der Waals surface area (Å²) in [7, 11) is 0. The van der Waals surface area contributed by atoms with E-state index in [1.807, 2.05) is 18.2 Å². The van der Waals surface area contributed by atoms with E-state index in [2.05, 4.69) is 46.8 Å². The number of hydrogen-bond acceptors (Lipinski definition) is 2. The Bertz CT molecular complexity index is 333. The highest BCUT2D eigenvalue weighted by molar-refractivity contribution is 9.10. The van der Waals surface area contributed by atoms with Crippen molar-refractivity contribution in [1.82, 2.24) is 0 Å². The SMILES string of the molecule is C=Nc1cc(Br)ccc1C(=C)S. The molecular weight excluding hydrogens is 234 g/mol. The minimum absolute atomic E-state index is 0.699. The highest BCUT2D eigenvalue weighted by Gasteiger charge is 2.01. The second-order valence-corrected chi connectivity index (χ2v) is 3.72. The second kappa shape index (κ2) is 3.92. The van der Waals surface area contributed by atoms with Crippen LogP contribution >= 0.6 is 28.6 Å². The maximum absolute atomic E-state index is 4.15. The zero-order chi connectivity index (χ0) is 9.14. The highest BCUT2D eigenvalue weighted by atomic mass is 79.9. The van der Waals surface area contributed by atoms with Gasteiger partial charge in [0.1, 0.15) is 0 Å². The standard InChI is InChI=1S/C9H8BrNS/c1-6(12)8-4-3-7(10)5-9(8)11-2/h3-5,12H,1-2H2. The van der Waals surface area contributed by atoms with Gasteiger partial charge in [0.15, 0.2) is 0 Å². The fraction of sp³-hybridized carbons (Fsp3) is 0. The van der Waals surface area contributed by atoms with Gasteiger partial charge in [-0.15, -0.1) is 12.6 Å². The van der Waals surface area contributed by atoms with Crippen molar-refractivity contribution in [3.05, 3.63) is 34.8 Å². The molecular formula is C9H8BrNS. The molecule has 0 heterocycles. The van der Waals surface area contributed by atoms with Crippen molar-refractivity contribution in [3.8, 4) is 0 Å². The molecule has 0 N–H and O–H groups in total. The van der Waals surface area contributed by atoms with E-state index in [9.17, 15) is 0 Å². The Kier molecular flexibility index (Phi) is 3.12. The number of aliphatic imine (C=N–C) groups is 1. The monoisotopic (exact) mass is 241 g/mol. The molecule has 0 saturated carbocycles. The molecule has 0 aliphatic rings. The molecule has 0 aromatic heterocycles. The van der Waals surface area contributed by atoms with Gasteiger partial charge >= 0.3 is 0 Å². The van der Waals surface area contributed by atoms with Crippen LogP contribution in [0.4, 0.5) is 5.69 Å². The summed E-state index contributed by atoms with van der Waals surface area (Å²) in [5.41, 5.74) is 1.71. The molecule has 0 radical (unpaired) electrons. The molecule has 1 aromatic rings. The molecule has 0 amide bonds. The summed E-state index contributed by atoms with van der Waals surface area (Å²) in [6, 6.07) is 5.71. The molecule has 12 heavy (non-hydrogen) atoms. The van der Waals surface area contributed by atoms with Crippen LogP contribution < -0.4 is 0 Å². The predicted molar refractivity (Wildman–Crippen MR) is 61.4 cm³/mol. The maximum atomic E-state index is 4.15. The van der Waals surface area contributed by atoms with Crippen LogP contribution in [0.3, 0.4) is 0 Å². The van der Waals surface area contributed by atoms with E-state index in [1.54, 1.807) is 0 Å². The molecule has 0 aliphatic heterocycles. The van der Waals surface area contributed by atoms with Crippen LogP contribution in [0.15, 0.2) is 34.2 Å². The topological polar surface area (TPSA) is 12.4 Å². The molecule has 0 saturated heterocycles. The van der Waals surface area contributed by atoms with Gasteiger partial charge < -0.3 is 0 Å². The third kappa shape index (κ3) is 1.99. The number of thiol groups is 1. The van der Waals surface area contributed by atoms with Crippen LogP contribution in [0.1, 0.15) is 5.56 Å². The summed E-state index contributed by atoms with van der Waals surface area (Å²) in [6.45, 7) is 7.19. The van der Waals surface area contributed by atoms with Gasteiger partial charge in [-0.2, -0.15) is 0 Å². The second-order valence-electron chi connectivity index (χ2n) is 2.27. The van der Waals surface area contributed by atoms with Crippen molar-refractivity contribution in [2.45, 2.75) is 0 Å². The molecule has 0 atom stereocenters. The molecule has 0 unspecified atom stereocenters. The summed E-state index contributed by atoms with van der Waals surface area (Å²) in [5.74, 6) is 0. The van der Waals surface area contributed by atoms with Crippen molar-refractivity contribution in [1.29, 1.82) is 0 Å². The Morgan fingerprint density at radius 2 is 2.17 bits per heavy atom. The summed E-state index contributed by atoms with van der Waals surface area (Å²) in [6.07, 6.45) is 0. The predicted octanol–water partition coefficient (Wildman–Crippen LogP) is 3.68. The number of rotatable bonds is 2. The zero-order valence-electron chi connectivity index (χ0n) is 6.42. The van der Waals surface area contributed by atoms with E-state index in [0.29, 0.717) is 4.91 Å². The van der Waals surface area contributed by atoms with Gasteiger partial charge in [-0.25, -0.2) is 0 Å². The molecule has 1 nitrogen and oxygen atoms in total. The average Bonchev–Trinajstić information content (AvgIpc) is 2.03. The van der Waals surface area contributed by atoms with E-state index in [1.165, 1.54) is 0 Å². The Morgan fingerprint density at radius 3 is 2.67 bits per heavy atom. The molecule has 0 aliphatic carbocycles. The first kappa shape index (κ1) is 9.55. The van der Waals surface area contributed by atoms with E-state index in [-0.39, 0.29) is 0 Å². The average molecular weight is 242 g/mol. The van der Waals surface area contributed by atoms with Crippen molar-refractivity contribution in [2.75, 3.05) is 0 Å². The number of hydrogen-bond donors (Lipinski definition) is 1. The Hall–Kier alpha value is -0.540. The minimum Gasteiger partial charge on any atom is -0.264 e. The lowest BCUT2D eigenvalue weighted by atomic mass is 10.2. The van der Waals surface area contributed by atoms with Gasteiger partial charge in [0.2, 0.25) is 0 Å². The van der Waals surface area contributed by atoms with Gasteiger partial charge in [0.05, 0.1) is 5.69 Å². The third-order valence-corrected chi connectivity index (χ3v) is 2.18. The first-order chi connectivity index (χ1) is 5.65. The van der Waals surface area contributed by atoms with E-state index in [0.717, 1.165) is 15.7 Å². The smallest absolute Gasteiger partial charge is 0.0716 e. The molecule has 1 aromatic carbocycles. The molecule has 0 spiro atoms. The first-order valence-electron chi connectivity index (χ1n) is 3.29. The summed E-state index contributed by atoms with van der Waals surface area (Å²) in [4.78, 5) is 4.56. The third-order valence-electron chi connectivity index (χ3n) is 1.44. The number of benzene rings is 1. The summed E-state index contributed by atoms with van der Waals surface area (Å²) >= 11 is 7.49. The maximum Gasteiger partial charge on any atom is 0.0716 e. The Labute approximate surface area is 85.8 Å². The quantitative estimate of drug-likeness (QED) is 0.600. The first-order valence-corrected chi connectivity index (χ1v) is 4.53. The van der Waals surface area contributed by atoms with Gasteiger partial charge in [-0.05, 0) is 18.9 Å². The van der Waals surface area contributed by atoms with Crippen molar-refractivity contribution in [3.63, 3.8) is 0 Å². The lowest BCUT2D eigenvalue weighted by Crippen LogP contribution is -1.77. The van der Waals surface area contributed by atoms with Gasteiger partial charge in [-0.3, -0.25) is 4.99 Å². The van der Waals surface area contributed by atoms with E-state index >= 15 is 0 Å². The van der Waals surface area contributed by atoms with Crippen LogP contribution in [0.5, 0.6) is 0 Å². The lowest BCUT2D eigenvalue weighted by Gasteiger charge is -2.03. The highest BCUT2D eigenvalue weighted by Crippen LogP contribution is 2.29. The van der Waals surface area contributed by atoms with Gasteiger partial charge in [-0.1, -0.05) is 28.6 Å². The normalized spacial score (nSPS) is 9.50. The fourth-order valence-corrected chi connectivity index (χ4v) is 1.42. The number of nitrogens with zero attached hydrogens (tertiary/aromatic N) is 1. The van der Waals surface area contributed by atoms with E-state index < -0.39 is 0 Å². The zero-order valence-corrected chi connectivity index (χ0v) is 8.90. The van der Waals surface area contributed by atoms with Crippen LogP contribution in [-0.2, 0) is 0 Å². The minimum atomic E-state index is 0.699. The lowest BCUT2D eigenvalue weighted by molar-refractivity contribution is 1.50. The van der Waals surface area contributed by atoms with Crippen LogP contribution in [0.2, 0.25) is 0 Å². The van der Waals surface area contributed by atoms with Crippen molar-refractivity contribution < 1.29 is 0 Å². The van der Waals surface area contributed by atoms with Gasteiger partial charge in [0.25, 0.3) is 0 Å². The number of halogens is 1.